The predicted octanol–water partition coefficient (Wildman–Crippen LogP) is 1.90. The summed E-state index contributed by atoms with van der Waals surface area (Å²) in [7, 11) is 0. The molecule has 0 aliphatic rings. The normalized spacial score (nSPS) is 10.5. The molecule has 0 unspecified atom stereocenters. The van der Waals surface area contributed by atoms with E-state index in [1.165, 1.54) is 6.92 Å². The van der Waals surface area contributed by atoms with Crippen molar-refractivity contribution in [1.29, 1.82) is 0 Å². The van der Waals surface area contributed by atoms with E-state index in [1.807, 2.05) is 6.92 Å². The monoisotopic (exact) mass is 302 g/mol. The van der Waals surface area contributed by atoms with Crippen LogP contribution in [0.4, 0.5) is 5.69 Å². The van der Waals surface area contributed by atoms with Crippen molar-refractivity contribution in [1.82, 2.24) is 4.98 Å². The maximum atomic E-state index is 12.0. The molecule has 116 valence electrons. The molecule has 0 spiro atoms. The molecule has 1 amide bonds. The minimum Gasteiger partial charge on any atom is -0.508 e. The largest absolute Gasteiger partial charge is 0.508 e. The van der Waals surface area contributed by atoms with E-state index in [4.69, 9.17) is 0 Å². The molecular weight excluding hydrogens is 284 g/mol. The Morgan fingerprint density at radius 3 is 2.41 bits per heavy atom. The van der Waals surface area contributed by atoms with Gasteiger partial charge in [0, 0.05) is 24.6 Å². The molecule has 0 fully saturated rings. The maximum absolute atomic E-state index is 12.0. The topological polar surface area (TPSA) is 102 Å². The van der Waals surface area contributed by atoms with Crippen molar-refractivity contribution in [2.24, 2.45) is 0 Å². The van der Waals surface area contributed by atoms with Gasteiger partial charge < -0.3 is 20.5 Å². The highest BCUT2D eigenvalue weighted by atomic mass is 16.3. The summed E-state index contributed by atoms with van der Waals surface area (Å²) in [6.07, 6.45) is 0.912. The zero-order valence-electron chi connectivity index (χ0n) is 12.4. The van der Waals surface area contributed by atoms with E-state index in [-0.39, 0.29) is 17.2 Å². The second kappa shape index (κ2) is 6.34. The molecule has 0 aliphatic carbocycles. The fourth-order valence-electron chi connectivity index (χ4n) is 2.32. The number of aromatic amines is 1. The minimum atomic E-state index is -0.543. The molecule has 0 saturated heterocycles. The van der Waals surface area contributed by atoms with Gasteiger partial charge in [-0.1, -0.05) is 19.1 Å². The summed E-state index contributed by atoms with van der Waals surface area (Å²) in [5, 5.41) is 21.9. The summed E-state index contributed by atoms with van der Waals surface area (Å²) in [4.78, 5) is 25.9. The second-order valence-electron chi connectivity index (χ2n) is 5.01. The van der Waals surface area contributed by atoms with E-state index in [1.54, 1.807) is 24.3 Å². The summed E-state index contributed by atoms with van der Waals surface area (Å²) in [6.45, 7) is 3.13. The number of rotatable bonds is 4. The molecule has 6 nitrogen and oxygen atoms in total. The number of hydrogen-bond acceptors (Lipinski definition) is 4. The molecule has 0 aliphatic heterocycles. The molecule has 0 radical (unpaired) electrons. The van der Waals surface area contributed by atoms with Crippen molar-refractivity contribution < 1.29 is 15.0 Å². The van der Waals surface area contributed by atoms with Gasteiger partial charge in [0.1, 0.15) is 17.2 Å². The Kier molecular flexibility index (Phi) is 4.50. The first-order valence-corrected chi connectivity index (χ1v) is 6.94. The molecule has 2 rings (SSSR count). The number of H-pyrrole nitrogens is 1. The zero-order chi connectivity index (χ0) is 16.3. The molecule has 1 heterocycles. The van der Waals surface area contributed by atoms with Crippen LogP contribution in [0.2, 0.25) is 0 Å². The van der Waals surface area contributed by atoms with Gasteiger partial charge in [0.05, 0.1) is 0 Å². The lowest BCUT2D eigenvalue weighted by molar-refractivity contribution is -0.114. The van der Waals surface area contributed by atoms with Crippen LogP contribution >= 0.6 is 0 Å². The number of aromatic nitrogens is 1. The van der Waals surface area contributed by atoms with Crippen molar-refractivity contribution in [2.75, 3.05) is 5.32 Å². The van der Waals surface area contributed by atoms with E-state index in [0.717, 1.165) is 5.56 Å². The first kappa shape index (κ1) is 15.6. The molecule has 22 heavy (non-hydrogen) atoms. The van der Waals surface area contributed by atoms with E-state index in [0.29, 0.717) is 24.1 Å². The molecule has 0 atom stereocenters. The Balaban J connectivity index is 2.45. The van der Waals surface area contributed by atoms with Crippen LogP contribution in [0.3, 0.4) is 0 Å². The molecule has 0 bridgehead atoms. The SMILES string of the molecule is CCc1c(Cc2ccc(O)cc2)[nH]c(=O)c(NC(C)=O)c1O. The lowest BCUT2D eigenvalue weighted by Gasteiger charge is -2.13. The van der Waals surface area contributed by atoms with E-state index in [9.17, 15) is 19.8 Å². The highest BCUT2D eigenvalue weighted by Crippen LogP contribution is 2.28. The molecule has 4 N–H and O–H groups in total. The van der Waals surface area contributed by atoms with Gasteiger partial charge in [-0.2, -0.15) is 0 Å². The van der Waals surface area contributed by atoms with Crippen molar-refractivity contribution >= 4 is 11.6 Å². The standard InChI is InChI=1S/C16H18N2O4/c1-3-12-13(8-10-4-6-11(20)7-5-10)18-16(22)14(15(12)21)17-9(2)19/h4-7,20H,3,8H2,1-2H3,(H,17,19)(H2,18,21,22). The van der Waals surface area contributed by atoms with Crippen LogP contribution in [0.25, 0.3) is 0 Å². The van der Waals surface area contributed by atoms with Crippen LogP contribution < -0.4 is 10.9 Å². The quantitative estimate of drug-likeness (QED) is 0.692. The van der Waals surface area contributed by atoms with E-state index < -0.39 is 11.5 Å². The number of carbonyl (C=O) groups excluding carboxylic acids is 1. The third kappa shape index (κ3) is 3.28. The van der Waals surface area contributed by atoms with Gasteiger partial charge in [-0.25, -0.2) is 0 Å². The number of anilines is 1. The number of aromatic hydroxyl groups is 2. The summed E-state index contributed by atoms with van der Waals surface area (Å²) in [5.74, 6) is -0.457. The van der Waals surface area contributed by atoms with Crippen LogP contribution in [-0.2, 0) is 17.6 Å². The number of nitrogens with one attached hydrogen (secondary N) is 2. The summed E-state index contributed by atoms with van der Waals surface area (Å²) in [6, 6.07) is 6.60. The van der Waals surface area contributed by atoms with Gasteiger partial charge in [-0.3, -0.25) is 9.59 Å². The highest BCUT2D eigenvalue weighted by Gasteiger charge is 2.17. The Morgan fingerprint density at radius 1 is 1.23 bits per heavy atom. The lowest BCUT2D eigenvalue weighted by Crippen LogP contribution is -2.20. The first-order chi connectivity index (χ1) is 10.4. The number of phenolic OH excluding ortho intramolecular Hbond substituents is 1. The van der Waals surface area contributed by atoms with Crippen molar-refractivity contribution in [3.8, 4) is 11.5 Å². The highest BCUT2D eigenvalue weighted by molar-refractivity contribution is 5.90. The molecule has 2 aromatic rings. The Morgan fingerprint density at radius 2 is 1.86 bits per heavy atom. The number of pyridine rings is 1. The smallest absolute Gasteiger partial charge is 0.275 e. The Labute approximate surface area is 127 Å². The Hall–Kier alpha value is -2.76. The van der Waals surface area contributed by atoms with E-state index in [2.05, 4.69) is 10.3 Å². The van der Waals surface area contributed by atoms with Crippen molar-refractivity contribution in [3.63, 3.8) is 0 Å². The third-order valence-electron chi connectivity index (χ3n) is 3.35. The zero-order valence-corrected chi connectivity index (χ0v) is 12.4. The van der Waals surface area contributed by atoms with Gasteiger partial charge in [0.15, 0.2) is 0 Å². The number of carbonyl (C=O) groups is 1. The summed E-state index contributed by atoms with van der Waals surface area (Å²) in [5.41, 5.74) is 1.38. The maximum Gasteiger partial charge on any atom is 0.275 e. The van der Waals surface area contributed by atoms with Gasteiger partial charge in [0.2, 0.25) is 5.91 Å². The van der Waals surface area contributed by atoms with Gasteiger partial charge in [-0.05, 0) is 24.1 Å². The van der Waals surface area contributed by atoms with Crippen molar-refractivity contribution in [2.45, 2.75) is 26.7 Å². The molecular formula is C16H18N2O4. The second-order valence-corrected chi connectivity index (χ2v) is 5.01. The fourth-order valence-corrected chi connectivity index (χ4v) is 2.32. The van der Waals surface area contributed by atoms with Crippen LogP contribution in [-0.4, -0.2) is 21.1 Å². The molecule has 0 saturated carbocycles. The lowest BCUT2D eigenvalue weighted by atomic mass is 10.0. The third-order valence-corrected chi connectivity index (χ3v) is 3.35. The predicted molar refractivity (Wildman–Crippen MR) is 83.3 cm³/mol. The number of amides is 1. The number of benzene rings is 1. The van der Waals surface area contributed by atoms with Crippen LogP contribution in [0.1, 0.15) is 30.7 Å². The summed E-state index contributed by atoms with van der Waals surface area (Å²) < 4.78 is 0. The summed E-state index contributed by atoms with van der Waals surface area (Å²) >= 11 is 0. The van der Waals surface area contributed by atoms with Gasteiger partial charge >= 0.3 is 0 Å². The average molecular weight is 302 g/mol. The van der Waals surface area contributed by atoms with E-state index >= 15 is 0 Å². The molecule has 6 heteroatoms. The number of hydrogen-bond donors (Lipinski definition) is 4. The van der Waals surface area contributed by atoms with Gasteiger partial charge in [-0.15, -0.1) is 0 Å². The van der Waals surface area contributed by atoms with Crippen LogP contribution in [0.15, 0.2) is 29.1 Å². The van der Waals surface area contributed by atoms with Crippen LogP contribution in [0.5, 0.6) is 11.5 Å². The number of phenols is 1. The molecule has 1 aromatic heterocycles. The Bertz CT molecular complexity index is 748. The fraction of sp³-hybridized carbons (Fsp3) is 0.250. The molecule has 1 aromatic carbocycles. The van der Waals surface area contributed by atoms with Crippen LogP contribution in [0, 0.1) is 0 Å². The first-order valence-electron chi connectivity index (χ1n) is 6.94. The van der Waals surface area contributed by atoms with Crippen molar-refractivity contribution in [3.05, 3.63) is 51.4 Å². The minimum absolute atomic E-state index is 0.126. The van der Waals surface area contributed by atoms with Gasteiger partial charge in [0.25, 0.3) is 5.56 Å². The average Bonchev–Trinajstić information content (AvgIpc) is 2.46.